The summed E-state index contributed by atoms with van der Waals surface area (Å²) in [4.78, 5) is 0.360. The van der Waals surface area contributed by atoms with Crippen molar-refractivity contribution in [1.82, 2.24) is 9.62 Å². The second-order valence-electron chi connectivity index (χ2n) is 5.57. The number of halogens is 1. The molecular weight excluding hydrogens is 308 g/mol. The van der Waals surface area contributed by atoms with Crippen LogP contribution in [-0.4, -0.2) is 38.4 Å². The van der Waals surface area contributed by atoms with Crippen LogP contribution in [0.3, 0.4) is 0 Å². The molecule has 6 heteroatoms. The van der Waals surface area contributed by atoms with E-state index in [0.29, 0.717) is 28.6 Å². The fourth-order valence-corrected chi connectivity index (χ4v) is 4.77. The summed E-state index contributed by atoms with van der Waals surface area (Å²) in [7, 11) is -3.46. The van der Waals surface area contributed by atoms with Crippen LogP contribution in [0.2, 0.25) is 5.02 Å². The van der Waals surface area contributed by atoms with Gasteiger partial charge in [0.1, 0.15) is 0 Å². The van der Waals surface area contributed by atoms with Gasteiger partial charge in [0.05, 0.1) is 4.90 Å². The third-order valence-corrected chi connectivity index (χ3v) is 6.07. The number of benzene rings is 1. The smallest absolute Gasteiger partial charge is 0.243 e. The van der Waals surface area contributed by atoms with E-state index in [4.69, 9.17) is 11.6 Å². The normalized spacial score (nSPS) is 19.3. The van der Waals surface area contributed by atoms with Crippen molar-refractivity contribution < 1.29 is 8.42 Å². The highest BCUT2D eigenvalue weighted by Crippen LogP contribution is 2.24. The standard InChI is InChI=1S/C15H23ClN2O2S/c1-3-9-18(11-14-5-4-8-17-14)21(19,20)15-7-6-13(16)10-12(15)2/h6-7,10,14,17H,3-5,8-9,11H2,1-2H3. The van der Waals surface area contributed by atoms with E-state index < -0.39 is 10.0 Å². The van der Waals surface area contributed by atoms with Crippen molar-refractivity contribution >= 4 is 21.6 Å². The minimum atomic E-state index is -3.46. The second kappa shape index (κ2) is 7.09. The molecule has 0 spiro atoms. The lowest BCUT2D eigenvalue weighted by molar-refractivity contribution is 0.369. The van der Waals surface area contributed by atoms with Crippen LogP contribution in [0.25, 0.3) is 0 Å². The highest BCUT2D eigenvalue weighted by molar-refractivity contribution is 7.89. The first-order valence-corrected chi connectivity index (χ1v) is 9.26. The monoisotopic (exact) mass is 330 g/mol. The van der Waals surface area contributed by atoms with Crippen molar-refractivity contribution in [3.05, 3.63) is 28.8 Å². The Kier molecular flexibility index (Phi) is 5.66. The van der Waals surface area contributed by atoms with Crippen molar-refractivity contribution in [1.29, 1.82) is 0 Å². The lowest BCUT2D eigenvalue weighted by atomic mass is 10.2. The molecule has 1 atom stereocenters. The molecule has 118 valence electrons. The first kappa shape index (κ1) is 16.7. The average Bonchev–Trinajstić information content (AvgIpc) is 2.90. The summed E-state index contributed by atoms with van der Waals surface area (Å²) >= 11 is 5.93. The predicted octanol–water partition coefficient (Wildman–Crippen LogP) is 2.80. The third-order valence-electron chi connectivity index (χ3n) is 3.81. The van der Waals surface area contributed by atoms with Gasteiger partial charge in [-0.3, -0.25) is 0 Å². The molecule has 0 aliphatic carbocycles. The summed E-state index contributed by atoms with van der Waals surface area (Å²) in [5, 5.41) is 3.93. The van der Waals surface area contributed by atoms with E-state index in [0.717, 1.165) is 25.8 Å². The van der Waals surface area contributed by atoms with Crippen molar-refractivity contribution in [2.45, 2.75) is 44.0 Å². The lowest BCUT2D eigenvalue weighted by Crippen LogP contribution is -2.41. The van der Waals surface area contributed by atoms with Gasteiger partial charge in [0.2, 0.25) is 10.0 Å². The minimum absolute atomic E-state index is 0.263. The molecule has 1 unspecified atom stereocenters. The molecule has 1 aliphatic heterocycles. The molecule has 1 fully saturated rings. The van der Waals surface area contributed by atoms with Crippen LogP contribution in [0.4, 0.5) is 0 Å². The fourth-order valence-electron chi connectivity index (χ4n) is 2.76. The zero-order valence-electron chi connectivity index (χ0n) is 12.6. The van der Waals surface area contributed by atoms with Gasteiger partial charge in [0.15, 0.2) is 0 Å². The fraction of sp³-hybridized carbons (Fsp3) is 0.600. The summed E-state index contributed by atoms with van der Waals surface area (Å²) in [6.07, 6.45) is 2.96. The summed E-state index contributed by atoms with van der Waals surface area (Å²) in [6, 6.07) is 5.21. The Morgan fingerprint density at radius 1 is 1.43 bits per heavy atom. The maximum Gasteiger partial charge on any atom is 0.243 e. The average molecular weight is 331 g/mol. The Bertz CT molecular complexity index is 583. The molecule has 1 N–H and O–H groups in total. The molecule has 1 saturated heterocycles. The number of hydrogen-bond acceptors (Lipinski definition) is 3. The second-order valence-corrected chi connectivity index (χ2v) is 7.91. The van der Waals surface area contributed by atoms with Crippen LogP contribution < -0.4 is 5.32 Å². The number of nitrogens with zero attached hydrogens (tertiary/aromatic N) is 1. The Balaban J connectivity index is 2.27. The van der Waals surface area contributed by atoms with E-state index >= 15 is 0 Å². The van der Waals surface area contributed by atoms with Crippen LogP contribution in [0, 0.1) is 6.92 Å². The first-order chi connectivity index (χ1) is 9.95. The molecule has 0 bridgehead atoms. The summed E-state index contributed by atoms with van der Waals surface area (Å²) < 4.78 is 27.4. The minimum Gasteiger partial charge on any atom is -0.313 e. The van der Waals surface area contributed by atoms with E-state index in [2.05, 4.69) is 5.32 Å². The SMILES string of the molecule is CCCN(CC1CCCN1)S(=O)(=O)c1ccc(Cl)cc1C. The van der Waals surface area contributed by atoms with Gasteiger partial charge in [0.25, 0.3) is 0 Å². The van der Waals surface area contributed by atoms with E-state index in [1.165, 1.54) is 0 Å². The van der Waals surface area contributed by atoms with Gasteiger partial charge in [-0.15, -0.1) is 0 Å². The molecule has 0 radical (unpaired) electrons. The lowest BCUT2D eigenvalue weighted by Gasteiger charge is -2.25. The Morgan fingerprint density at radius 2 is 2.19 bits per heavy atom. The van der Waals surface area contributed by atoms with Gasteiger partial charge in [0, 0.05) is 24.2 Å². The van der Waals surface area contributed by atoms with Crippen LogP contribution >= 0.6 is 11.6 Å². The Labute approximate surface area is 132 Å². The zero-order chi connectivity index (χ0) is 15.5. The molecule has 1 heterocycles. The number of sulfonamides is 1. The maximum atomic E-state index is 12.9. The van der Waals surface area contributed by atoms with Crippen molar-refractivity contribution in [2.75, 3.05) is 19.6 Å². The Hall–Kier alpha value is -0.620. The molecule has 0 aromatic heterocycles. The topological polar surface area (TPSA) is 49.4 Å². The van der Waals surface area contributed by atoms with Gasteiger partial charge in [-0.05, 0) is 56.5 Å². The molecule has 4 nitrogen and oxygen atoms in total. The molecule has 0 amide bonds. The molecule has 1 aromatic rings. The first-order valence-electron chi connectivity index (χ1n) is 7.45. The molecule has 1 aliphatic rings. The van der Waals surface area contributed by atoms with Crippen molar-refractivity contribution in [2.24, 2.45) is 0 Å². The summed E-state index contributed by atoms with van der Waals surface area (Å²) in [5.74, 6) is 0. The number of rotatable bonds is 6. The molecule has 0 saturated carbocycles. The van der Waals surface area contributed by atoms with E-state index in [1.54, 1.807) is 29.4 Å². The molecule has 21 heavy (non-hydrogen) atoms. The zero-order valence-corrected chi connectivity index (χ0v) is 14.2. The van der Waals surface area contributed by atoms with Gasteiger partial charge >= 0.3 is 0 Å². The third kappa shape index (κ3) is 3.97. The number of nitrogens with one attached hydrogen (secondary N) is 1. The van der Waals surface area contributed by atoms with E-state index in [9.17, 15) is 8.42 Å². The van der Waals surface area contributed by atoms with Gasteiger partial charge in [-0.1, -0.05) is 18.5 Å². The predicted molar refractivity (Wildman–Crippen MR) is 86.3 cm³/mol. The highest BCUT2D eigenvalue weighted by atomic mass is 35.5. The van der Waals surface area contributed by atoms with Gasteiger partial charge < -0.3 is 5.32 Å². The molecular formula is C15H23ClN2O2S. The van der Waals surface area contributed by atoms with Gasteiger partial charge in [-0.2, -0.15) is 4.31 Å². The molecule has 1 aromatic carbocycles. The largest absolute Gasteiger partial charge is 0.313 e. The van der Waals surface area contributed by atoms with Crippen LogP contribution in [0.15, 0.2) is 23.1 Å². The van der Waals surface area contributed by atoms with Crippen molar-refractivity contribution in [3.8, 4) is 0 Å². The van der Waals surface area contributed by atoms with E-state index in [-0.39, 0.29) is 6.04 Å². The summed E-state index contributed by atoms with van der Waals surface area (Å²) in [6.45, 7) is 5.85. The van der Waals surface area contributed by atoms with Crippen LogP contribution in [0.1, 0.15) is 31.7 Å². The van der Waals surface area contributed by atoms with Crippen molar-refractivity contribution in [3.63, 3.8) is 0 Å². The summed E-state index contributed by atoms with van der Waals surface area (Å²) in [5.41, 5.74) is 0.697. The Morgan fingerprint density at radius 3 is 2.76 bits per heavy atom. The number of hydrogen-bond donors (Lipinski definition) is 1. The van der Waals surface area contributed by atoms with Crippen LogP contribution in [-0.2, 0) is 10.0 Å². The quantitative estimate of drug-likeness (QED) is 0.872. The number of aryl methyl sites for hydroxylation is 1. The molecule has 2 rings (SSSR count). The maximum absolute atomic E-state index is 12.9. The van der Waals surface area contributed by atoms with Crippen LogP contribution in [0.5, 0.6) is 0 Å². The van der Waals surface area contributed by atoms with E-state index in [1.807, 2.05) is 6.92 Å². The van der Waals surface area contributed by atoms with Gasteiger partial charge in [-0.25, -0.2) is 8.42 Å². The highest BCUT2D eigenvalue weighted by Gasteiger charge is 2.28.